The third-order valence-electron chi connectivity index (χ3n) is 1.95. The van der Waals surface area contributed by atoms with Crippen LogP contribution in [0.1, 0.15) is 26.7 Å². The van der Waals surface area contributed by atoms with Crippen molar-refractivity contribution in [2.75, 3.05) is 13.2 Å². The molecule has 0 spiro atoms. The summed E-state index contributed by atoms with van der Waals surface area (Å²) in [7, 11) is 0. The lowest BCUT2D eigenvalue weighted by Crippen LogP contribution is -2.38. The SMILES string of the molecule is CC1(C)N[C@H](CCCN)CO1. The van der Waals surface area contributed by atoms with E-state index in [9.17, 15) is 0 Å². The second-order valence-electron chi connectivity index (χ2n) is 3.59. The Labute approximate surface area is 68.3 Å². The van der Waals surface area contributed by atoms with Crippen LogP contribution in [0.4, 0.5) is 0 Å². The quantitative estimate of drug-likeness (QED) is 0.627. The number of nitrogens with two attached hydrogens (primary N) is 1. The fourth-order valence-corrected chi connectivity index (χ4v) is 1.40. The van der Waals surface area contributed by atoms with Crippen molar-refractivity contribution in [2.24, 2.45) is 5.73 Å². The van der Waals surface area contributed by atoms with E-state index < -0.39 is 0 Å². The predicted molar refractivity (Wildman–Crippen MR) is 45.2 cm³/mol. The van der Waals surface area contributed by atoms with E-state index in [1.54, 1.807) is 0 Å². The molecule has 1 aliphatic rings. The Kier molecular flexibility index (Phi) is 2.87. The molecule has 0 amide bonds. The Hall–Kier alpha value is -0.120. The zero-order chi connectivity index (χ0) is 8.32. The molecule has 0 aromatic rings. The fraction of sp³-hybridized carbons (Fsp3) is 1.00. The molecule has 1 atom stereocenters. The number of ether oxygens (including phenoxy) is 1. The first-order valence-electron chi connectivity index (χ1n) is 4.26. The number of rotatable bonds is 3. The van der Waals surface area contributed by atoms with Crippen LogP contribution in [-0.4, -0.2) is 24.9 Å². The largest absolute Gasteiger partial charge is 0.360 e. The Balaban J connectivity index is 2.20. The molecule has 0 aromatic heterocycles. The van der Waals surface area contributed by atoms with Crippen molar-refractivity contribution in [3.05, 3.63) is 0 Å². The Morgan fingerprint density at radius 1 is 1.64 bits per heavy atom. The summed E-state index contributed by atoms with van der Waals surface area (Å²) in [6.45, 7) is 5.70. The van der Waals surface area contributed by atoms with E-state index in [1.807, 2.05) is 0 Å². The van der Waals surface area contributed by atoms with Gasteiger partial charge in [0.15, 0.2) is 0 Å². The van der Waals surface area contributed by atoms with Gasteiger partial charge in [0, 0.05) is 6.04 Å². The van der Waals surface area contributed by atoms with E-state index in [4.69, 9.17) is 10.5 Å². The van der Waals surface area contributed by atoms with Crippen LogP contribution in [-0.2, 0) is 4.74 Å². The summed E-state index contributed by atoms with van der Waals surface area (Å²) in [5, 5.41) is 3.39. The molecule has 1 fully saturated rings. The normalized spacial score (nSPS) is 29.2. The molecular weight excluding hydrogens is 140 g/mol. The molecule has 0 unspecified atom stereocenters. The van der Waals surface area contributed by atoms with Crippen LogP contribution in [0.25, 0.3) is 0 Å². The minimum atomic E-state index is -0.126. The van der Waals surface area contributed by atoms with Crippen LogP contribution in [0.5, 0.6) is 0 Å². The van der Waals surface area contributed by atoms with E-state index in [2.05, 4.69) is 19.2 Å². The number of hydrogen-bond donors (Lipinski definition) is 2. The van der Waals surface area contributed by atoms with Crippen molar-refractivity contribution < 1.29 is 4.74 Å². The Morgan fingerprint density at radius 3 is 2.82 bits per heavy atom. The van der Waals surface area contributed by atoms with Gasteiger partial charge in [-0.3, -0.25) is 5.32 Å². The van der Waals surface area contributed by atoms with Crippen molar-refractivity contribution in [1.29, 1.82) is 0 Å². The van der Waals surface area contributed by atoms with Gasteiger partial charge in [0.25, 0.3) is 0 Å². The highest BCUT2D eigenvalue weighted by Crippen LogP contribution is 2.16. The fourth-order valence-electron chi connectivity index (χ4n) is 1.40. The van der Waals surface area contributed by atoms with Crippen LogP contribution < -0.4 is 11.1 Å². The zero-order valence-electron chi connectivity index (χ0n) is 7.39. The number of hydrogen-bond acceptors (Lipinski definition) is 3. The van der Waals surface area contributed by atoms with Crippen molar-refractivity contribution >= 4 is 0 Å². The molecule has 1 heterocycles. The summed E-state index contributed by atoms with van der Waals surface area (Å²) in [6, 6.07) is 0.508. The lowest BCUT2D eigenvalue weighted by molar-refractivity contribution is 0.0231. The maximum absolute atomic E-state index is 5.50. The van der Waals surface area contributed by atoms with Crippen molar-refractivity contribution in [1.82, 2.24) is 5.32 Å². The summed E-state index contributed by atoms with van der Waals surface area (Å²) in [6.07, 6.45) is 2.21. The molecule has 1 saturated heterocycles. The molecule has 0 bridgehead atoms. The molecule has 1 rings (SSSR count). The van der Waals surface area contributed by atoms with E-state index in [-0.39, 0.29) is 5.72 Å². The summed E-state index contributed by atoms with van der Waals surface area (Å²) < 4.78 is 5.50. The Morgan fingerprint density at radius 2 is 2.36 bits per heavy atom. The van der Waals surface area contributed by atoms with Gasteiger partial charge in [0.1, 0.15) is 5.72 Å². The lowest BCUT2D eigenvalue weighted by Gasteiger charge is -2.17. The van der Waals surface area contributed by atoms with Crippen LogP contribution in [0.2, 0.25) is 0 Å². The maximum Gasteiger partial charge on any atom is 0.113 e. The minimum Gasteiger partial charge on any atom is -0.360 e. The van der Waals surface area contributed by atoms with Crippen molar-refractivity contribution in [3.63, 3.8) is 0 Å². The smallest absolute Gasteiger partial charge is 0.113 e. The van der Waals surface area contributed by atoms with Gasteiger partial charge in [-0.2, -0.15) is 0 Å². The highest BCUT2D eigenvalue weighted by molar-refractivity contribution is 4.81. The molecule has 66 valence electrons. The third-order valence-corrected chi connectivity index (χ3v) is 1.95. The second-order valence-corrected chi connectivity index (χ2v) is 3.59. The molecule has 0 aromatic carbocycles. The van der Waals surface area contributed by atoms with Crippen LogP contribution in [0.3, 0.4) is 0 Å². The molecular formula is C8H18N2O. The second kappa shape index (κ2) is 3.52. The van der Waals surface area contributed by atoms with Gasteiger partial charge < -0.3 is 10.5 Å². The lowest BCUT2D eigenvalue weighted by atomic mass is 10.1. The first-order valence-corrected chi connectivity index (χ1v) is 4.26. The van der Waals surface area contributed by atoms with Crippen LogP contribution in [0, 0.1) is 0 Å². The molecule has 3 nitrogen and oxygen atoms in total. The molecule has 3 heteroatoms. The van der Waals surface area contributed by atoms with Gasteiger partial charge in [-0.1, -0.05) is 0 Å². The summed E-state index contributed by atoms with van der Waals surface area (Å²) >= 11 is 0. The van der Waals surface area contributed by atoms with E-state index >= 15 is 0 Å². The standard InChI is InChI=1S/C8H18N2O/c1-8(2)10-7(6-11-8)4-3-5-9/h7,10H,3-6,9H2,1-2H3/t7-/m1/s1. The van der Waals surface area contributed by atoms with Gasteiger partial charge in [-0.25, -0.2) is 0 Å². The summed E-state index contributed by atoms with van der Waals surface area (Å²) in [5.41, 5.74) is 5.28. The molecule has 11 heavy (non-hydrogen) atoms. The van der Waals surface area contributed by atoms with Gasteiger partial charge in [-0.05, 0) is 33.2 Å². The van der Waals surface area contributed by atoms with E-state index in [1.165, 1.54) is 0 Å². The highest BCUT2D eigenvalue weighted by atomic mass is 16.5. The molecule has 1 aliphatic heterocycles. The first-order chi connectivity index (χ1) is 5.14. The van der Waals surface area contributed by atoms with E-state index in [0.717, 1.165) is 26.0 Å². The van der Waals surface area contributed by atoms with Gasteiger partial charge in [0.05, 0.1) is 6.61 Å². The Bertz CT molecular complexity index is 125. The topological polar surface area (TPSA) is 47.3 Å². The third kappa shape index (κ3) is 2.77. The highest BCUT2D eigenvalue weighted by Gasteiger charge is 2.29. The first kappa shape index (κ1) is 8.97. The van der Waals surface area contributed by atoms with Gasteiger partial charge in [-0.15, -0.1) is 0 Å². The zero-order valence-corrected chi connectivity index (χ0v) is 7.39. The molecule has 0 aliphatic carbocycles. The predicted octanol–water partition coefficient (Wildman–Crippen LogP) is 0.450. The number of nitrogens with one attached hydrogen (secondary N) is 1. The van der Waals surface area contributed by atoms with Crippen LogP contribution >= 0.6 is 0 Å². The minimum absolute atomic E-state index is 0.126. The van der Waals surface area contributed by atoms with Gasteiger partial charge >= 0.3 is 0 Å². The van der Waals surface area contributed by atoms with Crippen LogP contribution in [0.15, 0.2) is 0 Å². The van der Waals surface area contributed by atoms with Gasteiger partial charge in [0.2, 0.25) is 0 Å². The average molecular weight is 158 g/mol. The summed E-state index contributed by atoms with van der Waals surface area (Å²) in [4.78, 5) is 0. The molecule has 0 saturated carbocycles. The van der Waals surface area contributed by atoms with E-state index in [0.29, 0.717) is 6.04 Å². The van der Waals surface area contributed by atoms with Crippen molar-refractivity contribution in [2.45, 2.75) is 38.5 Å². The van der Waals surface area contributed by atoms with Crippen molar-refractivity contribution in [3.8, 4) is 0 Å². The molecule has 3 N–H and O–H groups in total. The summed E-state index contributed by atoms with van der Waals surface area (Å²) in [5.74, 6) is 0. The average Bonchev–Trinajstić information content (AvgIpc) is 2.26. The molecule has 0 radical (unpaired) electrons. The maximum atomic E-state index is 5.50. The monoisotopic (exact) mass is 158 g/mol.